The number of allylic oxidation sites excluding steroid dienone is 3. The molecule has 2 atom stereocenters. The van der Waals surface area contributed by atoms with Gasteiger partial charge in [0.25, 0.3) is 5.91 Å². The Kier molecular flexibility index (Phi) is 9.45. The number of benzene rings is 1. The van der Waals surface area contributed by atoms with Gasteiger partial charge in [-0.2, -0.15) is 0 Å². The van der Waals surface area contributed by atoms with Gasteiger partial charge in [0, 0.05) is 6.08 Å². The predicted molar refractivity (Wildman–Crippen MR) is 90.6 cm³/mol. The first kappa shape index (κ1) is 19.9. The van der Waals surface area contributed by atoms with Gasteiger partial charge in [0.05, 0.1) is 12.7 Å². The third kappa shape index (κ3) is 7.41. The van der Waals surface area contributed by atoms with Crippen molar-refractivity contribution in [1.82, 2.24) is 5.48 Å². The van der Waals surface area contributed by atoms with Crippen LogP contribution in [-0.4, -0.2) is 34.5 Å². The Hall–Kier alpha value is -2.15. The molecule has 6 heteroatoms. The summed E-state index contributed by atoms with van der Waals surface area (Å²) in [6, 6.07) is 7.19. The summed E-state index contributed by atoms with van der Waals surface area (Å²) in [4.78, 5) is 10.7. The average molecular weight is 335 g/mol. The highest BCUT2D eigenvalue weighted by Crippen LogP contribution is 2.27. The van der Waals surface area contributed by atoms with E-state index in [1.165, 1.54) is 17.6 Å². The molecule has 24 heavy (non-hydrogen) atoms. The molecule has 0 aromatic heterocycles. The molecule has 0 fully saturated rings. The predicted octanol–water partition coefficient (Wildman–Crippen LogP) is 2.13. The normalized spacial score (nSPS) is 14.0. The van der Waals surface area contributed by atoms with Crippen LogP contribution in [0.4, 0.5) is 0 Å². The summed E-state index contributed by atoms with van der Waals surface area (Å²) >= 11 is 0. The summed E-state index contributed by atoms with van der Waals surface area (Å²) < 4.78 is 5.29. The first-order chi connectivity index (χ1) is 11.6. The van der Waals surface area contributed by atoms with Gasteiger partial charge < -0.3 is 14.9 Å². The lowest BCUT2D eigenvalue weighted by Crippen LogP contribution is -2.14. The van der Waals surface area contributed by atoms with E-state index < -0.39 is 12.0 Å². The van der Waals surface area contributed by atoms with E-state index in [4.69, 9.17) is 15.1 Å². The van der Waals surface area contributed by atoms with Gasteiger partial charge in [-0.1, -0.05) is 37.3 Å². The lowest BCUT2D eigenvalue weighted by molar-refractivity contribution is -0.124. The maximum atomic E-state index is 10.7. The maximum absolute atomic E-state index is 10.7. The van der Waals surface area contributed by atoms with E-state index in [1.807, 2.05) is 25.1 Å². The highest BCUT2D eigenvalue weighted by molar-refractivity contribution is 5.86. The molecule has 1 amide bonds. The van der Waals surface area contributed by atoms with Crippen LogP contribution in [0.15, 0.2) is 48.6 Å². The minimum atomic E-state index is -0.574. The number of aliphatic hydroxyl groups is 2. The first-order valence-corrected chi connectivity index (χ1v) is 7.87. The molecule has 6 nitrogen and oxygen atoms in total. The second kappa shape index (κ2) is 11.4. The Morgan fingerprint density at radius 1 is 1.29 bits per heavy atom. The van der Waals surface area contributed by atoms with Crippen molar-refractivity contribution in [3.05, 3.63) is 54.1 Å². The standard InChI is InChI=1S/C18H25NO5/c1-14(6-4-2-3-5-7-17(21)19-23)18(22)15-8-10-16(11-9-15)24-13-12-20/h2-3,5,7-11,14,18,20,22-23H,4,6,12-13H2,1H3,(H,19,21)/b3-2+,7-5+/t14-,18-/m0/s1. The molecule has 0 aliphatic rings. The quantitative estimate of drug-likeness (QED) is 0.227. The topological polar surface area (TPSA) is 99.0 Å². The van der Waals surface area contributed by atoms with E-state index in [0.717, 1.165) is 18.4 Å². The number of amides is 1. The molecule has 0 spiro atoms. The highest BCUT2D eigenvalue weighted by atomic mass is 16.5. The number of carbonyl (C=O) groups excluding carboxylic acids is 1. The van der Waals surface area contributed by atoms with Crippen molar-refractivity contribution in [3.63, 3.8) is 0 Å². The molecule has 0 bridgehead atoms. The Labute approximate surface area is 142 Å². The summed E-state index contributed by atoms with van der Waals surface area (Å²) in [5.41, 5.74) is 2.33. The molecule has 1 aromatic carbocycles. The Bertz CT molecular complexity index is 539. The maximum Gasteiger partial charge on any atom is 0.267 e. The van der Waals surface area contributed by atoms with E-state index in [-0.39, 0.29) is 19.1 Å². The van der Waals surface area contributed by atoms with Crippen molar-refractivity contribution in [1.29, 1.82) is 0 Å². The van der Waals surface area contributed by atoms with Crippen LogP contribution in [0.5, 0.6) is 5.75 Å². The fraction of sp³-hybridized carbons (Fsp3) is 0.389. The van der Waals surface area contributed by atoms with Crippen LogP contribution < -0.4 is 10.2 Å². The summed E-state index contributed by atoms with van der Waals surface area (Å²) in [5, 5.41) is 27.4. The van der Waals surface area contributed by atoms with Crippen LogP contribution in [0.3, 0.4) is 0 Å². The number of carbonyl (C=O) groups is 1. The van der Waals surface area contributed by atoms with Gasteiger partial charge in [0.15, 0.2) is 0 Å². The molecule has 1 aromatic rings. The monoisotopic (exact) mass is 335 g/mol. The van der Waals surface area contributed by atoms with Crippen LogP contribution >= 0.6 is 0 Å². The number of aliphatic hydroxyl groups excluding tert-OH is 2. The largest absolute Gasteiger partial charge is 0.491 e. The van der Waals surface area contributed by atoms with E-state index in [9.17, 15) is 9.90 Å². The van der Waals surface area contributed by atoms with Gasteiger partial charge in [0.1, 0.15) is 12.4 Å². The van der Waals surface area contributed by atoms with Crippen LogP contribution in [0, 0.1) is 5.92 Å². The molecule has 0 heterocycles. The Balaban J connectivity index is 2.41. The first-order valence-electron chi connectivity index (χ1n) is 7.87. The molecule has 0 saturated heterocycles. The zero-order valence-electron chi connectivity index (χ0n) is 13.8. The average Bonchev–Trinajstić information content (AvgIpc) is 2.62. The minimum Gasteiger partial charge on any atom is -0.491 e. The zero-order valence-corrected chi connectivity index (χ0v) is 13.8. The smallest absolute Gasteiger partial charge is 0.267 e. The zero-order chi connectivity index (χ0) is 17.8. The van der Waals surface area contributed by atoms with Crippen molar-refractivity contribution in [2.24, 2.45) is 5.92 Å². The van der Waals surface area contributed by atoms with E-state index >= 15 is 0 Å². The lowest BCUT2D eigenvalue weighted by Gasteiger charge is -2.19. The second-order valence-electron chi connectivity index (χ2n) is 5.40. The van der Waals surface area contributed by atoms with Gasteiger partial charge in [0.2, 0.25) is 0 Å². The van der Waals surface area contributed by atoms with E-state index in [2.05, 4.69) is 0 Å². The lowest BCUT2D eigenvalue weighted by atomic mass is 9.93. The molecule has 0 aliphatic heterocycles. The molecule has 0 saturated carbocycles. The van der Waals surface area contributed by atoms with Crippen LogP contribution in [0.2, 0.25) is 0 Å². The third-order valence-corrected chi connectivity index (χ3v) is 3.51. The molecule has 0 aliphatic carbocycles. The fourth-order valence-electron chi connectivity index (χ4n) is 2.13. The van der Waals surface area contributed by atoms with Crippen molar-refractivity contribution in [2.75, 3.05) is 13.2 Å². The number of hydrogen-bond donors (Lipinski definition) is 4. The molecule has 4 N–H and O–H groups in total. The van der Waals surface area contributed by atoms with Gasteiger partial charge >= 0.3 is 0 Å². The SMILES string of the molecule is C[C@@H](CC/C=C/C=C/C(=O)NO)[C@H](O)c1ccc(OCCO)cc1. The second-order valence-corrected chi connectivity index (χ2v) is 5.40. The van der Waals surface area contributed by atoms with Crippen LogP contribution in [0.1, 0.15) is 31.4 Å². The molecular formula is C18H25NO5. The van der Waals surface area contributed by atoms with Crippen LogP contribution in [0.25, 0.3) is 0 Å². The number of hydrogen-bond acceptors (Lipinski definition) is 5. The van der Waals surface area contributed by atoms with Gasteiger partial charge in [-0.3, -0.25) is 10.0 Å². The van der Waals surface area contributed by atoms with Gasteiger partial charge in [-0.15, -0.1) is 0 Å². The van der Waals surface area contributed by atoms with Crippen molar-refractivity contribution in [2.45, 2.75) is 25.9 Å². The van der Waals surface area contributed by atoms with Gasteiger partial charge in [-0.05, 0) is 36.5 Å². The third-order valence-electron chi connectivity index (χ3n) is 3.51. The van der Waals surface area contributed by atoms with Gasteiger partial charge in [-0.25, -0.2) is 5.48 Å². The summed E-state index contributed by atoms with van der Waals surface area (Å²) in [6.45, 7) is 2.19. The highest BCUT2D eigenvalue weighted by Gasteiger charge is 2.15. The number of rotatable bonds is 10. The van der Waals surface area contributed by atoms with Crippen LogP contribution in [-0.2, 0) is 4.79 Å². The molecule has 0 unspecified atom stereocenters. The molecule has 132 valence electrons. The van der Waals surface area contributed by atoms with E-state index in [0.29, 0.717) is 5.75 Å². The van der Waals surface area contributed by atoms with Crippen molar-refractivity contribution in [3.8, 4) is 5.75 Å². The fourth-order valence-corrected chi connectivity index (χ4v) is 2.13. The van der Waals surface area contributed by atoms with E-state index in [1.54, 1.807) is 18.2 Å². The molecule has 1 rings (SSSR count). The number of ether oxygens (including phenoxy) is 1. The minimum absolute atomic E-state index is 0.0329. The number of nitrogens with one attached hydrogen (secondary N) is 1. The summed E-state index contributed by atoms with van der Waals surface area (Å²) in [7, 11) is 0. The summed E-state index contributed by atoms with van der Waals surface area (Å²) in [5.74, 6) is 0.160. The molecular weight excluding hydrogens is 310 g/mol. The molecule has 0 radical (unpaired) electrons. The summed E-state index contributed by atoms with van der Waals surface area (Å²) in [6.07, 6.45) is 7.37. The Morgan fingerprint density at radius 3 is 2.62 bits per heavy atom. The van der Waals surface area contributed by atoms with Crippen molar-refractivity contribution < 1.29 is 25.0 Å². The van der Waals surface area contributed by atoms with Crippen molar-refractivity contribution >= 4 is 5.91 Å². The number of hydroxylamine groups is 1. The Morgan fingerprint density at radius 2 is 2.00 bits per heavy atom.